The van der Waals surface area contributed by atoms with E-state index < -0.39 is 11.7 Å². The summed E-state index contributed by atoms with van der Waals surface area (Å²) in [4.78, 5) is 0. The third-order valence-electron chi connectivity index (χ3n) is 1.76. The average Bonchev–Trinajstić information content (AvgIpc) is 2.14. The maximum Gasteiger partial charge on any atom is 0.416 e. The molecule has 0 fully saturated rings. The first-order valence-electron chi connectivity index (χ1n) is 4.18. The van der Waals surface area contributed by atoms with Crippen LogP contribution >= 0.6 is 15.9 Å². The summed E-state index contributed by atoms with van der Waals surface area (Å²) >= 11 is 3.08. The van der Waals surface area contributed by atoms with Crippen LogP contribution in [0.5, 0.6) is 0 Å². The molecule has 0 atom stereocenters. The Balaban J connectivity index is 3.04. The van der Waals surface area contributed by atoms with Crippen molar-refractivity contribution in [1.29, 1.82) is 0 Å². The van der Waals surface area contributed by atoms with Crippen LogP contribution in [0.2, 0.25) is 0 Å². The van der Waals surface area contributed by atoms with E-state index in [0.29, 0.717) is 16.6 Å². The van der Waals surface area contributed by atoms with Gasteiger partial charge in [0.25, 0.3) is 0 Å². The van der Waals surface area contributed by atoms with E-state index in [4.69, 9.17) is 5.73 Å². The van der Waals surface area contributed by atoms with Crippen molar-refractivity contribution in [2.24, 2.45) is 5.73 Å². The Bertz CT molecular complexity index is 371. The minimum Gasteiger partial charge on any atom is -0.327 e. The molecule has 5 heteroatoms. The lowest BCUT2D eigenvalue weighted by molar-refractivity contribution is -0.137. The maximum absolute atomic E-state index is 12.3. The van der Waals surface area contributed by atoms with E-state index in [9.17, 15) is 13.2 Å². The van der Waals surface area contributed by atoms with Crippen LogP contribution in [0.3, 0.4) is 0 Å². The summed E-state index contributed by atoms with van der Waals surface area (Å²) in [5, 5.41) is 0. The van der Waals surface area contributed by atoms with Gasteiger partial charge in [0.05, 0.1) is 5.56 Å². The summed E-state index contributed by atoms with van der Waals surface area (Å²) in [6.45, 7) is 0.355. The summed E-state index contributed by atoms with van der Waals surface area (Å²) in [5.74, 6) is 0. The first-order chi connectivity index (χ1) is 6.95. The first-order valence-corrected chi connectivity index (χ1v) is 4.98. The number of rotatable bonds is 2. The molecule has 0 heterocycles. The van der Waals surface area contributed by atoms with Gasteiger partial charge in [0.15, 0.2) is 0 Å². The molecule has 1 rings (SSSR count). The molecule has 82 valence electrons. The number of halogens is 4. The quantitative estimate of drug-likeness (QED) is 0.882. The zero-order valence-corrected chi connectivity index (χ0v) is 9.27. The Labute approximate surface area is 93.9 Å². The highest BCUT2D eigenvalue weighted by Crippen LogP contribution is 2.32. The Morgan fingerprint density at radius 1 is 1.33 bits per heavy atom. The van der Waals surface area contributed by atoms with Crippen molar-refractivity contribution >= 4 is 22.0 Å². The molecule has 1 aromatic rings. The van der Waals surface area contributed by atoms with Crippen molar-refractivity contribution in [2.45, 2.75) is 6.18 Å². The summed E-state index contributed by atoms with van der Waals surface area (Å²) in [5.41, 5.74) is 5.25. The molecule has 0 amide bonds. The molecule has 0 saturated carbocycles. The predicted octanol–water partition coefficient (Wildman–Crippen LogP) is 3.44. The maximum atomic E-state index is 12.3. The van der Waals surface area contributed by atoms with Gasteiger partial charge in [0, 0.05) is 11.0 Å². The molecule has 0 aromatic heterocycles. The highest BCUT2D eigenvalue weighted by Gasteiger charge is 2.30. The van der Waals surface area contributed by atoms with E-state index in [1.807, 2.05) is 0 Å². The van der Waals surface area contributed by atoms with Crippen LogP contribution in [-0.2, 0) is 6.18 Å². The smallest absolute Gasteiger partial charge is 0.327 e. The molecule has 1 aromatic carbocycles. The van der Waals surface area contributed by atoms with Gasteiger partial charge in [-0.1, -0.05) is 34.1 Å². The van der Waals surface area contributed by atoms with Gasteiger partial charge in [-0.3, -0.25) is 0 Å². The molecule has 0 aliphatic heterocycles. The molecule has 0 saturated heterocycles. The van der Waals surface area contributed by atoms with Gasteiger partial charge in [-0.15, -0.1) is 0 Å². The van der Waals surface area contributed by atoms with E-state index in [-0.39, 0.29) is 0 Å². The number of alkyl halides is 3. The van der Waals surface area contributed by atoms with Gasteiger partial charge in [-0.05, 0) is 17.7 Å². The van der Waals surface area contributed by atoms with Crippen LogP contribution in [0.15, 0.2) is 28.7 Å². The zero-order chi connectivity index (χ0) is 11.5. The molecule has 0 radical (unpaired) electrons. The lowest BCUT2D eigenvalue weighted by atomic mass is 10.1. The highest BCUT2D eigenvalue weighted by molar-refractivity contribution is 9.10. The van der Waals surface area contributed by atoms with E-state index in [1.54, 1.807) is 12.2 Å². The summed E-state index contributed by atoms with van der Waals surface area (Å²) in [6.07, 6.45) is -0.962. The Morgan fingerprint density at radius 2 is 2.00 bits per heavy atom. The largest absolute Gasteiger partial charge is 0.416 e. The van der Waals surface area contributed by atoms with Crippen LogP contribution in [0.25, 0.3) is 6.08 Å². The van der Waals surface area contributed by atoms with Crippen molar-refractivity contribution in [3.8, 4) is 0 Å². The molecule has 0 bridgehead atoms. The monoisotopic (exact) mass is 279 g/mol. The molecule has 0 aliphatic rings. The topological polar surface area (TPSA) is 26.0 Å². The number of benzene rings is 1. The van der Waals surface area contributed by atoms with Gasteiger partial charge in [0.1, 0.15) is 0 Å². The van der Waals surface area contributed by atoms with E-state index in [0.717, 1.165) is 12.1 Å². The molecule has 1 nitrogen and oxygen atoms in total. The number of nitrogens with two attached hydrogens (primary N) is 1. The zero-order valence-electron chi connectivity index (χ0n) is 7.68. The van der Waals surface area contributed by atoms with Gasteiger partial charge in [0.2, 0.25) is 0 Å². The van der Waals surface area contributed by atoms with E-state index in [1.165, 1.54) is 6.07 Å². The van der Waals surface area contributed by atoms with E-state index >= 15 is 0 Å². The van der Waals surface area contributed by atoms with Crippen molar-refractivity contribution in [2.75, 3.05) is 6.54 Å². The number of hydrogen-bond donors (Lipinski definition) is 1. The molecular weight excluding hydrogens is 271 g/mol. The fraction of sp³-hybridized carbons (Fsp3) is 0.200. The van der Waals surface area contributed by atoms with Crippen LogP contribution in [0.1, 0.15) is 11.1 Å². The number of hydrogen-bond acceptors (Lipinski definition) is 1. The normalized spacial score (nSPS) is 12.3. The molecule has 0 aliphatic carbocycles. The van der Waals surface area contributed by atoms with Crippen molar-refractivity contribution in [3.63, 3.8) is 0 Å². The summed E-state index contributed by atoms with van der Waals surface area (Å²) < 4.78 is 37.3. The Hall–Kier alpha value is -0.810. The minimum atomic E-state index is -4.31. The van der Waals surface area contributed by atoms with Crippen LogP contribution in [-0.4, -0.2) is 6.54 Å². The molecule has 2 N–H and O–H groups in total. The second kappa shape index (κ2) is 4.81. The minimum absolute atomic E-state index is 0.355. The molecule has 0 unspecified atom stereocenters. The van der Waals surface area contributed by atoms with Gasteiger partial charge < -0.3 is 5.73 Å². The van der Waals surface area contributed by atoms with Gasteiger partial charge >= 0.3 is 6.18 Å². The van der Waals surface area contributed by atoms with Crippen molar-refractivity contribution in [3.05, 3.63) is 39.9 Å². The fourth-order valence-electron chi connectivity index (χ4n) is 1.03. The van der Waals surface area contributed by atoms with Crippen LogP contribution in [0.4, 0.5) is 13.2 Å². The average molecular weight is 280 g/mol. The van der Waals surface area contributed by atoms with Gasteiger partial charge in [-0.25, -0.2) is 0 Å². The second-order valence-electron chi connectivity index (χ2n) is 2.87. The Morgan fingerprint density at radius 3 is 2.47 bits per heavy atom. The first kappa shape index (κ1) is 12.3. The molecule has 15 heavy (non-hydrogen) atoms. The van der Waals surface area contributed by atoms with Crippen molar-refractivity contribution < 1.29 is 13.2 Å². The fourth-order valence-corrected chi connectivity index (χ4v) is 1.54. The third-order valence-corrected chi connectivity index (χ3v) is 2.45. The SMILES string of the molecule is NCC=Cc1ccc(C(F)(F)F)cc1Br. The highest BCUT2D eigenvalue weighted by atomic mass is 79.9. The standard InChI is InChI=1S/C10H9BrF3N/c11-9-6-8(10(12,13)14)4-3-7(9)2-1-5-15/h1-4,6H,5,15H2. The van der Waals surface area contributed by atoms with E-state index in [2.05, 4.69) is 15.9 Å². The lowest BCUT2D eigenvalue weighted by Crippen LogP contribution is -2.04. The summed E-state index contributed by atoms with van der Waals surface area (Å²) in [6, 6.07) is 3.50. The third kappa shape index (κ3) is 3.35. The van der Waals surface area contributed by atoms with Crippen LogP contribution < -0.4 is 5.73 Å². The molecule has 0 spiro atoms. The van der Waals surface area contributed by atoms with Crippen molar-refractivity contribution in [1.82, 2.24) is 0 Å². The lowest BCUT2D eigenvalue weighted by Gasteiger charge is -2.08. The molecular formula is C10H9BrF3N. The summed E-state index contributed by atoms with van der Waals surface area (Å²) in [7, 11) is 0. The second-order valence-corrected chi connectivity index (χ2v) is 3.73. The van der Waals surface area contributed by atoms with Gasteiger partial charge in [-0.2, -0.15) is 13.2 Å². The van der Waals surface area contributed by atoms with Crippen LogP contribution in [0, 0.1) is 0 Å². The predicted molar refractivity (Wildman–Crippen MR) is 57.2 cm³/mol. The Kier molecular flexibility index (Phi) is 3.93.